The summed E-state index contributed by atoms with van der Waals surface area (Å²) in [5.41, 5.74) is 3.93. The minimum atomic E-state index is -3.43. The van der Waals surface area contributed by atoms with Crippen LogP contribution in [0.5, 0.6) is 0 Å². The highest BCUT2D eigenvalue weighted by Crippen LogP contribution is 2.37. The number of sulfone groups is 1. The number of rotatable bonds is 6. The van der Waals surface area contributed by atoms with Crippen LogP contribution in [-0.4, -0.2) is 31.8 Å². The molecule has 3 aromatic carbocycles. The fourth-order valence-electron chi connectivity index (χ4n) is 3.71. The van der Waals surface area contributed by atoms with Gasteiger partial charge in [0.15, 0.2) is 9.84 Å². The van der Waals surface area contributed by atoms with Crippen LogP contribution >= 0.6 is 11.6 Å². The molecule has 0 saturated carbocycles. The number of aromatic nitrogens is 1. The molecule has 0 fully saturated rings. The third-order valence-corrected chi connectivity index (χ3v) is 6.55. The minimum Gasteiger partial charge on any atom is -0.462 e. The number of hydrogen-bond donors (Lipinski definition) is 0. The van der Waals surface area contributed by atoms with E-state index in [0.29, 0.717) is 27.7 Å². The Kier molecular flexibility index (Phi) is 6.40. The van der Waals surface area contributed by atoms with Gasteiger partial charge in [-0.15, -0.1) is 0 Å². The number of esters is 1. The predicted octanol–water partition coefficient (Wildman–Crippen LogP) is 6.04. The van der Waals surface area contributed by atoms with Crippen LogP contribution in [0.4, 0.5) is 0 Å². The van der Waals surface area contributed by atoms with Crippen LogP contribution in [0.15, 0.2) is 89.8 Å². The molecule has 4 aromatic rings. The Labute approximate surface area is 198 Å². The van der Waals surface area contributed by atoms with Crippen LogP contribution < -0.4 is 0 Å². The number of halogens is 1. The van der Waals surface area contributed by atoms with Gasteiger partial charge in [0.25, 0.3) is 0 Å². The predicted molar refractivity (Wildman–Crippen MR) is 131 cm³/mol. The maximum absolute atomic E-state index is 13.0. The number of nitrogens with zero attached hydrogens (tertiary/aromatic N) is 1. The number of benzene rings is 3. The first-order valence-corrected chi connectivity index (χ1v) is 12.6. The van der Waals surface area contributed by atoms with Crippen molar-refractivity contribution >= 4 is 27.4 Å². The monoisotopic (exact) mass is 479 g/mol. The van der Waals surface area contributed by atoms with E-state index in [1.165, 1.54) is 6.26 Å². The average molecular weight is 480 g/mol. The summed E-state index contributed by atoms with van der Waals surface area (Å²) in [6, 6.07) is 25.2. The van der Waals surface area contributed by atoms with Crippen molar-refractivity contribution < 1.29 is 17.9 Å². The van der Waals surface area contributed by atoms with E-state index in [9.17, 15) is 13.2 Å². The van der Waals surface area contributed by atoms with E-state index in [4.69, 9.17) is 16.3 Å². The molecular weight excluding hydrogens is 458 g/mol. The summed E-state index contributed by atoms with van der Waals surface area (Å²) >= 11 is 6.10. The highest BCUT2D eigenvalue weighted by molar-refractivity contribution is 7.90. The summed E-state index contributed by atoms with van der Waals surface area (Å²) in [4.78, 5) is 13.2. The van der Waals surface area contributed by atoms with E-state index in [-0.39, 0.29) is 11.5 Å². The Morgan fingerprint density at radius 2 is 1.61 bits per heavy atom. The lowest BCUT2D eigenvalue weighted by molar-refractivity contribution is 0.0527. The van der Waals surface area contributed by atoms with Gasteiger partial charge in [-0.25, -0.2) is 13.2 Å². The fourth-order valence-corrected chi connectivity index (χ4v) is 4.50. The zero-order valence-electron chi connectivity index (χ0n) is 18.2. The molecule has 1 heterocycles. The van der Waals surface area contributed by atoms with Gasteiger partial charge in [-0.3, -0.25) is 0 Å². The molecule has 0 aliphatic rings. The molecule has 0 bridgehead atoms. The van der Waals surface area contributed by atoms with E-state index in [2.05, 4.69) is 0 Å². The summed E-state index contributed by atoms with van der Waals surface area (Å²) < 4.78 is 31.8. The Hall–Kier alpha value is -3.35. The normalized spacial score (nSPS) is 11.4. The largest absolute Gasteiger partial charge is 0.462 e. The van der Waals surface area contributed by atoms with Crippen molar-refractivity contribution in [3.63, 3.8) is 0 Å². The molecule has 0 saturated heterocycles. The second-order valence-electron chi connectivity index (χ2n) is 7.49. The molecular formula is C26H22ClNO4S. The number of hydrogen-bond acceptors (Lipinski definition) is 4. The summed E-state index contributed by atoms with van der Waals surface area (Å²) in [7, 11) is -3.43. The Morgan fingerprint density at radius 3 is 2.24 bits per heavy atom. The molecule has 33 heavy (non-hydrogen) atoms. The van der Waals surface area contributed by atoms with Crippen LogP contribution in [0.1, 0.15) is 17.3 Å². The van der Waals surface area contributed by atoms with Gasteiger partial charge in [-0.2, -0.15) is 0 Å². The Balaban J connectivity index is 2.10. The van der Waals surface area contributed by atoms with Gasteiger partial charge in [0, 0.05) is 17.0 Å². The van der Waals surface area contributed by atoms with Gasteiger partial charge >= 0.3 is 5.97 Å². The van der Waals surface area contributed by atoms with Crippen molar-refractivity contribution in [2.45, 2.75) is 11.8 Å². The molecule has 0 aliphatic carbocycles. The molecule has 0 spiro atoms. The molecule has 0 N–H and O–H groups in total. The van der Waals surface area contributed by atoms with Crippen LogP contribution in [0, 0.1) is 0 Å². The lowest BCUT2D eigenvalue weighted by Crippen LogP contribution is -2.07. The molecule has 0 atom stereocenters. The van der Waals surface area contributed by atoms with Crippen molar-refractivity contribution in [3.05, 3.63) is 95.5 Å². The van der Waals surface area contributed by atoms with E-state index in [1.54, 1.807) is 43.3 Å². The van der Waals surface area contributed by atoms with E-state index in [0.717, 1.165) is 11.1 Å². The van der Waals surface area contributed by atoms with Crippen LogP contribution in [-0.2, 0) is 14.6 Å². The van der Waals surface area contributed by atoms with Crippen molar-refractivity contribution in [3.8, 4) is 28.2 Å². The lowest BCUT2D eigenvalue weighted by atomic mass is 10.1. The topological polar surface area (TPSA) is 65.4 Å². The van der Waals surface area contributed by atoms with E-state index < -0.39 is 15.8 Å². The molecule has 0 aliphatic heterocycles. The van der Waals surface area contributed by atoms with Crippen molar-refractivity contribution in [2.75, 3.05) is 12.9 Å². The summed E-state index contributed by atoms with van der Waals surface area (Å²) in [6.07, 6.45) is 1.17. The summed E-state index contributed by atoms with van der Waals surface area (Å²) in [5.74, 6) is -0.454. The standard InChI is InChI=1S/C26H22ClNO4S/c1-3-32-26(29)23-17-24(18-12-14-20(27)15-13-18)28(25(23)19-8-5-4-6-9-19)21-10-7-11-22(16-21)33(2,30)31/h4-17H,3H2,1-2H3. The molecule has 1 aromatic heterocycles. The summed E-state index contributed by atoms with van der Waals surface area (Å²) in [5, 5.41) is 0.588. The molecule has 4 rings (SSSR count). The van der Waals surface area contributed by atoms with Gasteiger partial charge in [0.1, 0.15) is 0 Å². The Bertz CT molecular complexity index is 1410. The molecule has 5 nitrogen and oxygen atoms in total. The second kappa shape index (κ2) is 9.25. The van der Waals surface area contributed by atoms with Gasteiger partial charge < -0.3 is 9.30 Å². The van der Waals surface area contributed by atoms with Crippen molar-refractivity contribution in [1.29, 1.82) is 0 Å². The molecule has 7 heteroatoms. The van der Waals surface area contributed by atoms with Crippen molar-refractivity contribution in [2.24, 2.45) is 0 Å². The van der Waals surface area contributed by atoms with Crippen LogP contribution in [0.3, 0.4) is 0 Å². The molecule has 0 radical (unpaired) electrons. The fraction of sp³-hybridized carbons (Fsp3) is 0.115. The zero-order chi connectivity index (χ0) is 23.6. The highest BCUT2D eigenvalue weighted by Gasteiger charge is 2.25. The van der Waals surface area contributed by atoms with E-state index >= 15 is 0 Å². The SMILES string of the molecule is CCOC(=O)c1cc(-c2ccc(Cl)cc2)n(-c2cccc(S(C)(=O)=O)c2)c1-c1ccccc1. The summed E-state index contributed by atoms with van der Waals surface area (Å²) in [6.45, 7) is 1.99. The smallest absolute Gasteiger partial charge is 0.340 e. The maximum atomic E-state index is 13.0. The van der Waals surface area contributed by atoms with Crippen molar-refractivity contribution in [1.82, 2.24) is 4.57 Å². The minimum absolute atomic E-state index is 0.187. The quantitative estimate of drug-likeness (QED) is 0.316. The maximum Gasteiger partial charge on any atom is 0.340 e. The van der Waals surface area contributed by atoms with Gasteiger partial charge in [-0.05, 0) is 54.4 Å². The highest BCUT2D eigenvalue weighted by atomic mass is 35.5. The molecule has 0 unspecified atom stereocenters. The first kappa shape index (κ1) is 22.8. The molecule has 168 valence electrons. The van der Waals surface area contributed by atoms with Crippen LogP contribution in [0.25, 0.3) is 28.2 Å². The third kappa shape index (κ3) is 4.72. The third-order valence-electron chi connectivity index (χ3n) is 5.19. The number of carbonyl (C=O) groups excluding carboxylic acids is 1. The average Bonchev–Trinajstić information content (AvgIpc) is 3.21. The van der Waals surface area contributed by atoms with E-state index in [1.807, 2.05) is 53.1 Å². The Morgan fingerprint density at radius 1 is 0.909 bits per heavy atom. The molecule has 0 amide bonds. The zero-order valence-corrected chi connectivity index (χ0v) is 19.7. The second-order valence-corrected chi connectivity index (χ2v) is 9.94. The first-order valence-electron chi connectivity index (χ1n) is 10.3. The number of ether oxygens (including phenoxy) is 1. The number of carbonyl (C=O) groups is 1. The van der Waals surface area contributed by atoms with Gasteiger partial charge in [0.2, 0.25) is 0 Å². The van der Waals surface area contributed by atoms with Gasteiger partial charge in [0.05, 0.1) is 28.5 Å². The van der Waals surface area contributed by atoms with Gasteiger partial charge in [-0.1, -0.05) is 60.1 Å². The first-order chi connectivity index (χ1) is 15.8. The van der Waals surface area contributed by atoms with Crippen LogP contribution in [0.2, 0.25) is 5.02 Å². The lowest BCUT2D eigenvalue weighted by Gasteiger charge is -2.16.